The SMILES string of the molecule is CC(=O)Nc1ccc(OC[C@H](O)CNC(C)(C)C)cc1. The highest BCUT2D eigenvalue weighted by molar-refractivity contribution is 5.88. The number of rotatable bonds is 6. The number of carbonyl (C=O) groups is 1. The lowest BCUT2D eigenvalue weighted by Gasteiger charge is -2.23. The maximum atomic E-state index is 10.9. The lowest BCUT2D eigenvalue weighted by Crippen LogP contribution is -2.42. The summed E-state index contributed by atoms with van der Waals surface area (Å²) in [6.45, 7) is 8.29. The van der Waals surface area contributed by atoms with E-state index in [1.54, 1.807) is 24.3 Å². The van der Waals surface area contributed by atoms with E-state index < -0.39 is 6.10 Å². The number of aliphatic hydroxyl groups is 1. The van der Waals surface area contributed by atoms with Crippen molar-refractivity contribution in [3.63, 3.8) is 0 Å². The minimum atomic E-state index is -0.566. The van der Waals surface area contributed by atoms with Crippen LogP contribution in [0.25, 0.3) is 0 Å². The fourth-order valence-electron chi connectivity index (χ4n) is 1.51. The Kier molecular flexibility index (Phi) is 5.98. The van der Waals surface area contributed by atoms with Crippen LogP contribution in [0.2, 0.25) is 0 Å². The summed E-state index contributed by atoms with van der Waals surface area (Å²) in [6.07, 6.45) is -0.566. The van der Waals surface area contributed by atoms with Crippen molar-refractivity contribution in [1.29, 1.82) is 0 Å². The van der Waals surface area contributed by atoms with Crippen LogP contribution in [0.5, 0.6) is 5.75 Å². The maximum Gasteiger partial charge on any atom is 0.221 e. The van der Waals surface area contributed by atoms with Gasteiger partial charge >= 0.3 is 0 Å². The molecule has 112 valence electrons. The fourth-order valence-corrected chi connectivity index (χ4v) is 1.51. The van der Waals surface area contributed by atoms with Gasteiger partial charge < -0.3 is 20.5 Å². The van der Waals surface area contributed by atoms with Crippen molar-refractivity contribution in [1.82, 2.24) is 5.32 Å². The van der Waals surface area contributed by atoms with Gasteiger partial charge in [0, 0.05) is 24.7 Å². The second kappa shape index (κ2) is 7.26. The average molecular weight is 280 g/mol. The smallest absolute Gasteiger partial charge is 0.221 e. The van der Waals surface area contributed by atoms with Crippen molar-refractivity contribution in [3.05, 3.63) is 24.3 Å². The van der Waals surface area contributed by atoms with Gasteiger partial charge in [0.1, 0.15) is 18.5 Å². The number of benzene rings is 1. The first kappa shape index (κ1) is 16.5. The molecule has 0 aromatic heterocycles. The van der Waals surface area contributed by atoms with Crippen LogP contribution in [0.3, 0.4) is 0 Å². The minimum absolute atomic E-state index is 0.0268. The van der Waals surface area contributed by atoms with Crippen molar-refractivity contribution in [2.45, 2.75) is 39.3 Å². The standard InChI is InChI=1S/C15H24N2O3/c1-11(18)17-12-5-7-14(8-6-12)20-10-13(19)9-16-15(2,3)4/h5-8,13,16,19H,9-10H2,1-4H3,(H,17,18)/t13-/m1/s1. The Balaban J connectivity index is 2.36. The molecule has 0 unspecified atom stereocenters. The van der Waals surface area contributed by atoms with E-state index in [1.807, 2.05) is 20.8 Å². The molecule has 1 aromatic rings. The third-order valence-electron chi connectivity index (χ3n) is 2.49. The molecule has 0 bridgehead atoms. The van der Waals surface area contributed by atoms with Crippen LogP contribution in [0.4, 0.5) is 5.69 Å². The van der Waals surface area contributed by atoms with Crippen molar-refractivity contribution < 1.29 is 14.6 Å². The largest absolute Gasteiger partial charge is 0.491 e. The third-order valence-corrected chi connectivity index (χ3v) is 2.49. The van der Waals surface area contributed by atoms with Gasteiger partial charge in [-0.1, -0.05) is 0 Å². The quantitative estimate of drug-likeness (QED) is 0.743. The molecule has 0 saturated carbocycles. The monoisotopic (exact) mass is 280 g/mol. The van der Waals surface area contributed by atoms with Crippen molar-refractivity contribution in [3.8, 4) is 5.75 Å². The first-order valence-electron chi connectivity index (χ1n) is 6.70. The molecule has 1 amide bonds. The van der Waals surface area contributed by atoms with E-state index in [0.29, 0.717) is 12.3 Å². The molecule has 0 aliphatic carbocycles. The molecule has 0 saturated heterocycles. The lowest BCUT2D eigenvalue weighted by atomic mass is 10.1. The number of ether oxygens (including phenoxy) is 1. The zero-order chi connectivity index (χ0) is 15.2. The zero-order valence-electron chi connectivity index (χ0n) is 12.6. The Hall–Kier alpha value is -1.59. The first-order valence-corrected chi connectivity index (χ1v) is 6.70. The Labute approximate surface area is 120 Å². The topological polar surface area (TPSA) is 70.6 Å². The summed E-state index contributed by atoms with van der Waals surface area (Å²) in [5, 5.41) is 15.7. The summed E-state index contributed by atoms with van der Waals surface area (Å²) >= 11 is 0. The number of nitrogens with one attached hydrogen (secondary N) is 2. The van der Waals surface area contributed by atoms with E-state index in [4.69, 9.17) is 4.74 Å². The number of β-amino-alcohol motifs (C(OH)–C–C–N with tert-alkyl or cyclic N) is 1. The van der Waals surface area contributed by atoms with Gasteiger partial charge in [0.25, 0.3) is 0 Å². The molecule has 1 atom stereocenters. The van der Waals surface area contributed by atoms with Gasteiger partial charge in [0.2, 0.25) is 5.91 Å². The molecule has 0 aliphatic heterocycles. The summed E-state index contributed by atoms with van der Waals surface area (Å²) in [6, 6.07) is 7.04. The van der Waals surface area contributed by atoms with Crippen LogP contribution >= 0.6 is 0 Å². The average Bonchev–Trinajstić information content (AvgIpc) is 2.34. The molecule has 0 radical (unpaired) electrons. The summed E-state index contributed by atoms with van der Waals surface area (Å²) in [4.78, 5) is 10.9. The molecule has 0 spiro atoms. The Morgan fingerprint density at radius 2 is 1.90 bits per heavy atom. The molecule has 0 fully saturated rings. The number of aliphatic hydroxyl groups excluding tert-OH is 1. The van der Waals surface area contributed by atoms with Gasteiger partial charge in [-0.25, -0.2) is 0 Å². The minimum Gasteiger partial charge on any atom is -0.491 e. The van der Waals surface area contributed by atoms with Gasteiger partial charge in [-0.05, 0) is 45.0 Å². The molecule has 1 rings (SSSR count). The molecule has 1 aromatic carbocycles. The Morgan fingerprint density at radius 3 is 2.40 bits per heavy atom. The third kappa shape index (κ3) is 7.11. The van der Waals surface area contributed by atoms with Gasteiger partial charge in [0.05, 0.1) is 0 Å². The van der Waals surface area contributed by atoms with Gasteiger partial charge in [-0.3, -0.25) is 4.79 Å². The molecular formula is C15H24N2O3. The molecule has 20 heavy (non-hydrogen) atoms. The second-order valence-electron chi connectivity index (χ2n) is 5.80. The number of hydrogen-bond donors (Lipinski definition) is 3. The summed E-state index contributed by atoms with van der Waals surface area (Å²) in [5.41, 5.74) is 0.695. The van der Waals surface area contributed by atoms with Crippen molar-refractivity contribution in [2.75, 3.05) is 18.5 Å². The van der Waals surface area contributed by atoms with E-state index in [-0.39, 0.29) is 18.1 Å². The number of amides is 1. The van der Waals surface area contributed by atoms with Crippen LogP contribution in [0.15, 0.2) is 24.3 Å². The highest BCUT2D eigenvalue weighted by Gasteiger charge is 2.12. The van der Waals surface area contributed by atoms with Crippen LogP contribution in [-0.4, -0.2) is 35.8 Å². The van der Waals surface area contributed by atoms with Gasteiger partial charge in [0.15, 0.2) is 0 Å². The summed E-state index contributed by atoms with van der Waals surface area (Å²) in [5.74, 6) is 0.552. The second-order valence-corrected chi connectivity index (χ2v) is 5.80. The first-order chi connectivity index (χ1) is 9.26. The molecule has 5 heteroatoms. The summed E-state index contributed by atoms with van der Waals surface area (Å²) < 4.78 is 5.49. The maximum absolute atomic E-state index is 10.9. The van der Waals surface area contributed by atoms with Crippen LogP contribution in [0.1, 0.15) is 27.7 Å². The predicted molar refractivity (Wildman–Crippen MR) is 80.0 cm³/mol. The van der Waals surface area contributed by atoms with E-state index in [0.717, 1.165) is 5.69 Å². The van der Waals surface area contributed by atoms with Crippen LogP contribution < -0.4 is 15.4 Å². The van der Waals surface area contributed by atoms with E-state index in [9.17, 15) is 9.90 Å². The van der Waals surface area contributed by atoms with E-state index in [1.165, 1.54) is 6.92 Å². The molecule has 0 heterocycles. The van der Waals surface area contributed by atoms with Crippen molar-refractivity contribution in [2.24, 2.45) is 0 Å². The molecular weight excluding hydrogens is 256 g/mol. The highest BCUT2D eigenvalue weighted by Crippen LogP contribution is 2.15. The lowest BCUT2D eigenvalue weighted by molar-refractivity contribution is -0.114. The summed E-state index contributed by atoms with van der Waals surface area (Å²) in [7, 11) is 0. The Bertz CT molecular complexity index is 424. The predicted octanol–water partition coefficient (Wildman–Crippen LogP) is 1.77. The molecule has 3 N–H and O–H groups in total. The molecule has 0 aliphatic rings. The van der Waals surface area contributed by atoms with Crippen molar-refractivity contribution >= 4 is 11.6 Å². The number of carbonyl (C=O) groups excluding carboxylic acids is 1. The van der Waals surface area contributed by atoms with E-state index >= 15 is 0 Å². The molecule has 5 nitrogen and oxygen atoms in total. The van der Waals surface area contributed by atoms with Gasteiger partial charge in [-0.15, -0.1) is 0 Å². The fraction of sp³-hybridized carbons (Fsp3) is 0.533. The normalized spacial score (nSPS) is 12.8. The van der Waals surface area contributed by atoms with Crippen LogP contribution in [0, 0.1) is 0 Å². The van der Waals surface area contributed by atoms with E-state index in [2.05, 4.69) is 10.6 Å². The van der Waals surface area contributed by atoms with Gasteiger partial charge in [-0.2, -0.15) is 0 Å². The number of hydrogen-bond acceptors (Lipinski definition) is 4. The Morgan fingerprint density at radius 1 is 1.30 bits per heavy atom. The highest BCUT2D eigenvalue weighted by atomic mass is 16.5. The van der Waals surface area contributed by atoms with Crippen LogP contribution in [-0.2, 0) is 4.79 Å². The number of anilines is 1. The zero-order valence-corrected chi connectivity index (χ0v) is 12.6.